The van der Waals surface area contributed by atoms with Crippen LogP contribution in [0, 0.1) is 6.92 Å². The quantitative estimate of drug-likeness (QED) is 0.635. The number of hydrogen-bond acceptors (Lipinski definition) is 2. The summed E-state index contributed by atoms with van der Waals surface area (Å²) in [6, 6.07) is 18.2. The molecule has 0 saturated heterocycles. The van der Waals surface area contributed by atoms with Crippen LogP contribution >= 0.6 is 0 Å². The summed E-state index contributed by atoms with van der Waals surface area (Å²) in [7, 11) is 0. The summed E-state index contributed by atoms with van der Waals surface area (Å²) in [6.45, 7) is 6.74. The minimum atomic E-state index is 0.451. The molecular weight excluding hydrogens is 272 g/mol. The van der Waals surface area contributed by atoms with Crippen LogP contribution in [0.3, 0.4) is 0 Å². The molecule has 0 aliphatic heterocycles. The van der Waals surface area contributed by atoms with Crippen LogP contribution in [-0.2, 0) is 0 Å². The summed E-state index contributed by atoms with van der Waals surface area (Å²) < 4.78 is 0. The Kier molecular flexibility index (Phi) is 5.83. The molecule has 0 atom stereocenters. The summed E-state index contributed by atoms with van der Waals surface area (Å²) in [4.78, 5) is 6.72. The smallest absolute Gasteiger partial charge is 0.193 e. The maximum atomic E-state index is 5.92. The third-order valence-electron chi connectivity index (χ3n) is 3.54. The number of benzene rings is 2. The van der Waals surface area contributed by atoms with Gasteiger partial charge in [0.2, 0.25) is 0 Å². The topological polar surface area (TPSA) is 53.6 Å². The van der Waals surface area contributed by atoms with Crippen molar-refractivity contribution in [2.45, 2.75) is 13.8 Å². The van der Waals surface area contributed by atoms with E-state index in [9.17, 15) is 0 Å². The van der Waals surface area contributed by atoms with Gasteiger partial charge in [0.15, 0.2) is 5.96 Å². The van der Waals surface area contributed by atoms with Crippen LogP contribution in [0.1, 0.15) is 12.5 Å². The number of likely N-dealkylation sites (N-methyl/N-ethyl adjacent to an activating group) is 1. The number of nitrogens with one attached hydrogen (secondary N) is 1. The number of para-hydroxylation sites is 2. The monoisotopic (exact) mass is 296 g/mol. The number of anilines is 2. The van der Waals surface area contributed by atoms with Crippen molar-refractivity contribution in [3.63, 3.8) is 0 Å². The Labute approximate surface area is 132 Å². The van der Waals surface area contributed by atoms with Crippen LogP contribution in [0.2, 0.25) is 0 Å². The molecule has 116 valence electrons. The van der Waals surface area contributed by atoms with E-state index in [0.717, 1.165) is 18.8 Å². The van der Waals surface area contributed by atoms with Gasteiger partial charge in [-0.3, -0.25) is 4.99 Å². The molecule has 2 aromatic carbocycles. The Morgan fingerprint density at radius 3 is 2.45 bits per heavy atom. The lowest BCUT2D eigenvalue weighted by Crippen LogP contribution is -2.28. The van der Waals surface area contributed by atoms with Gasteiger partial charge in [0, 0.05) is 24.5 Å². The fraction of sp³-hybridized carbons (Fsp3) is 0.278. The van der Waals surface area contributed by atoms with E-state index < -0.39 is 0 Å². The number of aliphatic imine (C=N–C) groups is 1. The van der Waals surface area contributed by atoms with Crippen molar-refractivity contribution >= 4 is 17.3 Å². The largest absolute Gasteiger partial charge is 0.370 e. The highest BCUT2D eigenvalue weighted by molar-refractivity contribution is 5.92. The molecule has 2 rings (SSSR count). The highest BCUT2D eigenvalue weighted by Crippen LogP contribution is 2.18. The van der Waals surface area contributed by atoms with Gasteiger partial charge in [-0.1, -0.05) is 36.4 Å². The number of nitrogens with zero attached hydrogens (tertiary/aromatic N) is 2. The zero-order valence-corrected chi connectivity index (χ0v) is 13.3. The van der Waals surface area contributed by atoms with Gasteiger partial charge in [0.1, 0.15) is 0 Å². The predicted octanol–water partition coefficient (Wildman–Crippen LogP) is 3.25. The molecule has 0 aromatic heterocycles. The second-order valence-electron chi connectivity index (χ2n) is 5.12. The maximum absolute atomic E-state index is 5.92. The summed E-state index contributed by atoms with van der Waals surface area (Å²) in [5.41, 5.74) is 9.42. The summed E-state index contributed by atoms with van der Waals surface area (Å²) in [5.74, 6) is 0.451. The Bertz CT molecular complexity index is 607. The van der Waals surface area contributed by atoms with E-state index in [1.165, 1.54) is 11.3 Å². The Morgan fingerprint density at radius 1 is 1.09 bits per heavy atom. The molecule has 0 unspecified atom stereocenters. The lowest BCUT2D eigenvalue weighted by Gasteiger charge is -2.24. The minimum absolute atomic E-state index is 0.451. The van der Waals surface area contributed by atoms with Crippen LogP contribution in [0.15, 0.2) is 59.6 Å². The summed E-state index contributed by atoms with van der Waals surface area (Å²) >= 11 is 0. The van der Waals surface area contributed by atoms with Gasteiger partial charge in [-0.2, -0.15) is 0 Å². The van der Waals surface area contributed by atoms with Gasteiger partial charge in [0.25, 0.3) is 0 Å². The number of aryl methyl sites for hydroxylation is 1. The van der Waals surface area contributed by atoms with Gasteiger partial charge in [0.05, 0.1) is 6.54 Å². The first-order valence-electron chi connectivity index (χ1n) is 7.63. The average Bonchev–Trinajstić information content (AvgIpc) is 2.53. The maximum Gasteiger partial charge on any atom is 0.193 e. The van der Waals surface area contributed by atoms with Gasteiger partial charge in [-0.25, -0.2) is 0 Å². The minimum Gasteiger partial charge on any atom is -0.370 e. The number of rotatable bonds is 6. The molecule has 4 heteroatoms. The highest BCUT2D eigenvalue weighted by atomic mass is 15.2. The summed E-state index contributed by atoms with van der Waals surface area (Å²) in [5, 5.41) is 3.09. The van der Waals surface area contributed by atoms with Crippen molar-refractivity contribution in [2.75, 3.05) is 29.9 Å². The first-order valence-corrected chi connectivity index (χ1v) is 7.63. The van der Waals surface area contributed by atoms with E-state index in [0.29, 0.717) is 12.5 Å². The molecule has 3 N–H and O–H groups in total. The standard InChI is InChI=1S/C18H24N4/c1-3-22(17-12-8-7-9-15(17)2)14-13-20-18(19)21-16-10-5-4-6-11-16/h4-12H,3,13-14H2,1-2H3,(H3,19,20,21). The van der Waals surface area contributed by atoms with Crippen LogP contribution in [0.5, 0.6) is 0 Å². The van der Waals surface area contributed by atoms with Crippen LogP contribution in [0.25, 0.3) is 0 Å². The van der Waals surface area contributed by atoms with Crippen molar-refractivity contribution in [1.29, 1.82) is 0 Å². The molecule has 0 aliphatic carbocycles. The van der Waals surface area contributed by atoms with Crippen molar-refractivity contribution in [3.8, 4) is 0 Å². The third kappa shape index (κ3) is 4.52. The average molecular weight is 296 g/mol. The molecule has 0 spiro atoms. The van der Waals surface area contributed by atoms with E-state index in [-0.39, 0.29) is 0 Å². The van der Waals surface area contributed by atoms with Crippen molar-refractivity contribution < 1.29 is 0 Å². The van der Waals surface area contributed by atoms with Crippen molar-refractivity contribution in [2.24, 2.45) is 10.7 Å². The van der Waals surface area contributed by atoms with E-state index in [1.54, 1.807) is 0 Å². The molecule has 0 amide bonds. The highest BCUT2D eigenvalue weighted by Gasteiger charge is 2.05. The SMILES string of the molecule is CCN(CCN=C(N)Nc1ccccc1)c1ccccc1C. The molecule has 0 radical (unpaired) electrons. The molecule has 0 heterocycles. The number of guanidine groups is 1. The zero-order valence-electron chi connectivity index (χ0n) is 13.3. The van der Waals surface area contributed by atoms with Crippen molar-refractivity contribution in [1.82, 2.24) is 0 Å². The number of hydrogen-bond donors (Lipinski definition) is 2. The van der Waals surface area contributed by atoms with Gasteiger partial charge >= 0.3 is 0 Å². The van der Waals surface area contributed by atoms with E-state index >= 15 is 0 Å². The first-order chi connectivity index (χ1) is 10.7. The Hall–Kier alpha value is -2.49. The van der Waals surface area contributed by atoms with Gasteiger partial charge in [-0.15, -0.1) is 0 Å². The van der Waals surface area contributed by atoms with Crippen LogP contribution in [0.4, 0.5) is 11.4 Å². The Morgan fingerprint density at radius 2 is 1.77 bits per heavy atom. The van der Waals surface area contributed by atoms with Crippen LogP contribution in [-0.4, -0.2) is 25.6 Å². The fourth-order valence-corrected chi connectivity index (χ4v) is 2.37. The van der Waals surface area contributed by atoms with E-state index in [4.69, 9.17) is 5.73 Å². The summed E-state index contributed by atoms with van der Waals surface area (Å²) in [6.07, 6.45) is 0. The Balaban J connectivity index is 1.91. The lowest BCUT2D eigenvalue weighted by atomic mass is 10.2. The number of nitrogens with two attached hydrogens (primary N) is 1. The lowest BCUT2D eigenvalue weighted by molar-refractivity contribution is 0.813. The first kappa shape index (κ1) is 15.9. The third-order valence-corrected chi connectivity index (χ3v) is 3.54. The van der Waals surface area contributed by atoms with Gasteiger partial charge < -0.3 is 16.0 Å². The molecule has 4 nitrogen and oxygen atoms in total. The van der Waals surface area contributed by atoms with E-state index in [2.05, 4.69) is 53.3 Å². The molecule has 2 aromatic rings. The second kappa shape index (κ2) is 8.08. The molecule has 22 heavy (non-hydrogen) atoms. The molecule has 0 bridgehead atoms. The molecule has 0 aliphatic rings. The predicted molar refractivity (Wildman–Crippen MR) is 95.6 cm³/mol. The normalized spacial score (nSPS) is 11.3. The fourth-order valence-electron chi connectivity index (χ4n) is 2.37. The molecule has 0 saturated carbocycles. The molecular formula is C18H24N4. The van der Waals surface area contributed by atoms with Gasteiger partial charge in [-0.05, 0) is 37.6 Å². The molecule has 0 fully saturated rings. The second-order valence-corrected chi connectivity index (χ2v) is 5.12. The van der Waals surface area contributed by atoms with E-state index in [1.807, 2.05) is 30.3 Å². The van der Waals surface area contributed by atoms with Crippen molar-refractivity contribution in [3.05, 3.63) is 60.2 Å². The van der Waals surface area contributed by atoms with Crippen LogP contribution < -0.4 is 16.0 Å². The zero-order chi connectivity index (χ0) is 15.8.